The quantitative estimate of drug-likeness (QED) is 0.360. The van der Waals surface area contributed by atoms with E-state index in [1.165, 1.54) is 23.3 Å². The number of fused-ring (bicyclic) bond motifs is 1. The smallest absolute Gasteiger partial charge is 0.350 e. The molecule has 1 atom stereocenters. The molecular formula is C24H23N3O3S2. The molecule has 3 heterocycles. The van der Waals surface area contributed by atoms with Crippen LogP contribution in [-0.4, -0.2) is 35.9 Å². The molecule has 8 heteroatoms. The van der Waals surface area contributed by atoms with Crippen LogP contribution in [0.25, 0.3) is 10.2 Å². The van der Waals surface area contributed by atoms with Crippen LogP contribution in [-0.2, 0) is 11.3 Å². The monoisotopic (exact) mass is 465 g/mol. The number of thiophene rings is 2. The lowest BCUT2D eigenvalue weighted by Gasteiger charge is -2.23. The van der Waals surface area contributed by atoms with Crippen molar-refractivity contribution in [3.8, 4) is 0 Å². The van der Waals surface area contributed by atoms with Gasteiger partial charge in [0.05, 0.1) is 18.5 Å². The average molecular weight is 466 g/mol. The van der Waals surface area contributed by atoms with Crippen molar-refractivity contribution in [1.29, 1.82) is 0 Å². The fourth-order valence-corrected chi connectivity index (χ4v) is 5.29. The number of carbonyl (C=O) groups excluding carboxylic acids is 2. The highest BCUT2D eigenvalue weighted by atomic mass is 32.1. The molecule has 0 saturated heterocycles. The molecule has 4 rings (SSSR count). The highest BCUT2D eigenvalue weighted by Gasteiger charge is 2.23. The lowest BCUT2D eigenvalue weighted by atomic mass is 10.2. The van der Waals surface area contributed by atoms with Crippen LogP contribution in [0.1, 0.15) is 43.6 Å². The number of nitrogens with zero attached hydrogens (tertiary/aromatic N) is 2. The first kappa shape index (κ1) is 22.1. The zero-order valence-electron chi connectivity index (χ0n) is 18.0. The zero-order valence-corrected chi connectivity index (χ0v) is 19.6. The first-order chi connectivity index (χ1) is 15.5. The lowest BCUT2D eigenvalue weighted by molar-refractivity contribution is 0.0607. The molecule has 1 unspecified atom stereocenters. The number of rotatable bonds is 7. The van der Waals surface area contributed by atoms with Gasteiger partial charge in [-0.15, -0.1) is 22.7 Å². The maximum Gasteiger partial charge on any atom is 0.350 e. The third kappa shape index (κ3) is 4.57. The molecule has 0 aliphatic carbocycles. The van der Waals surface area contributed by atoms with E-state index in [2.05, 4.69) is 41.7 Å². The maximum atomic E-state index is 12.7. The van der Waals surface area contributed by atoms with Gasteiger partial charge in [0.15, 0.2) is 0 Å². The Morgan fingerprint density at radius 1 is 1.12 bits per heavy atom. The second-order valence-corrected chi connectivity index (χ2v) is 9.36. The minimum absolute atomic E-state index is 0.266. The van der Waals surface area contributed by atoms with E-state index in [0.717, 1.165) is 11.1 Å². The summed E-state index contributed by atoms with van der Waals surface area (Å²) in [6, 6.07) is 17.2. The first-order valence-corrected chi connectivity index (χ1v) is 11.8. The number of anilines is 1. The molecule has 0 aliphatic heterocycles. The number of carbonyl (C=O) groups is 2. The van der Waals surface area contributed by atoms with Crippen molar-refractivity contribution in [3.63, 3.8) is 0 Å². The molecule has 32 heavy (non-hydrogen) atoms. The van der Waals surface area contributed by atoms with Crippen LogP contribution >= 0.6 is 22.7 Å². The van der Waals surface area contributed by atoms with Gasteiger partial charge >= 0.3 is 5.97 Å². The first-order valence-electron chi connectivity index (χ1n) is 10.1. The number of aromatic nitrogens is 1. The summed E-state index contributed by atoms with van der Waals surface area (Å²) in [7, 11) is 3.39. The molecular weight excluding hydrogens is 442 g/mol. The minimum atomic E-state index is -0.499. The molecule has 0 saturated carbocycles. The van der Waals surface area contributed by atoms with E-state index in [1.54, 1.807) is 35.6 Å². The standard InChI is InChI=1S/C24H23N3O3S2/c1-15(19-10-7-13-31-19)27(2)14-17-11-12-18-20(21(24(29)30-3)32-23(18)25-17)26-22(28)16-8-5-4-6-9-16/h4-13,15H,14H2,1-3H3,(H,26,28). The molecule has 0 aliphatic rings. The number of methoxy groups -OCH3 is 1. The molecule has 0 radical (unpaired) electrons. The molecule has 6 nitrogen and oxygen atoms in total. The number of hydrogen-bond donors (Lipinski definition) is 1. The molecule has 1 amide bonds. The maximum absolute atomic E-state index is 12.7. The van der Waals surface area contributed by atoms with Crippen molar-refractivity contribution in [2.45, 2.75) is 19.5 Å². The van der Waals surface area contributed by atoms with Crippen LogP contribution in [0.3, 0.4) is 0 Å². The summed E-state index contributed by atoms with van der Waals surface area (Å²) in [5.74, 6) is -0.787. The Labute approximate surface area is 194 Å². The van der Waals surface area contributed by atoms with E-state index in [9.17, 15) is 9.59 Å². The number of ether oxygens (including phenoxy) is 1. The van der Waals surface area contributed by atoms with Gasteiger partial charge in [-0.05, 0) is 49.7 Å². The van der Waals surface area contributed by atoms with Crippen LogP contribution in [0.15, 0.2) is 60.0 Å². The summed E-state index contributed by atoms with van der Waals surface area (Å²) in [6.45, 7) is 2.83. The van der Waals surface area contributed by atoms with Crippen LogP contribution in [0, 0.1) is 0 Å². The van der Waals surface area contributed by atoms with Crippen LogP contribution in [0.2, 0.25) is 0 Å². The molecule has 3 aromatic heterocycles. The average Bonchev–Trinajstić information content (AvgIpc) is 3.47. The van der Waals surface area contributed by atoms with Gasteiger partial charge in [-0.25, -0.2) is 9.78 Å². The van der Waals surface area contributed by atoms with Crippen LogP contribution < -0.4 is 5.32 Å². The Hall–Kier alpha value is -3.07. The van der Waals surface area contributed by atoms with Crippen molar-refractivity contribution in [2.75, 3.05) is 19.5 Å². The summed E-state index contributed by atoms with van der Waals surface area (Å²) in [5, 5.41) is 5.68. The van der Waals surface area contributed by atoms with Crippen molar-refractivity contribution in [3.05, 3.63) is 81.0 Å². The second kappa shape index (κ2) is 9.60. The second-order valence-electron chi connectivity index (χ2n) is 7.38. The fourth-order valence-electron chi connectivity index (χ4n) is 3.38. The van der Waals surface area contributed by atoms with Gasteiger partial charge < -0.3 is 10.1 Å². The van der Waals surface area contributed by atoms with Gasteiger partial charge in [0.25, 0.3) is 5.91 Å². The minimum Gasteiger partial charge on any atom is -0.465 e. The van der Waals surface area contributed by atoms with Crippen LogP contribution in [0.5, 0.6) is 0 Å². The van der Waals surface area contributed by atoms with Gasteiger partial charge in [0, 0.05) is 28.4 Å². The molecule has 0 fully saturated rings. The van der Waals surface area contributed by atoms with Gasteiger partial charge in [0.1, 0.15) is 9.71 Å². The number of esters is 1. The third-order valence-electron chi connectivity index (χ3n) is 5.29. The van der Waals surface area contributed by atoms with Gasteiger partial charge in [-0.2, -0.15) is 0 Å². The summed E-state index contributed by atoms with van der Waals surface area (Å²) in [5.41, 5.74) is 1.84. The molecule has 1 aromatic carbocycles. The largest absolute Gasteiger partial charge is 0.465 e. The van der Waals surface area contributed by atoms with Gasteiger partial charge in [0.2, 0.25) is 0 Å². The summed E-state index contributed by atoms with van der Waals surface area (Å²) >= 11 is 2.96. The van der Waals surface area contributed by atoms with Crippen molar-refractivity contribution >= 4 is 50.5 Å². The topological polar surface area (TPSA) is 71.5 Å². The van der Waals surface area contributed by atoms with Crippen molar-refractivity contribution in [1.82, 2.24) is 9.88 Å². The molecule has 4 aromatic rings. The molecule has 0 spiro atoms. The molecule has 0 bridgehead atoms. The summed E-state index contributed by atoms with van der Waals surface area (Å²) in [6.07, 6.45) is 0. The molecule has 1 N–H and O–H groups in total. The molecule has 164 valence electrons. The fraction of sp³-hybridized carbons (Fsp3) is 0.208. The number of pyridine rings is 1. The van der Waals surface area contributed by atoms with Crippen molar-refractivity contribution < 1.29 is 14.3 Å². The van der Waals surface area contributed by atoms with Gasteiger partial charge in [-0.3, -0.25) is 9.69 Å². The Kier molecular flexibility index (Phi) is 6.64. The predicted octanol–water partition coefficient (Wildman–Crippen LogP) is 5.59. The van der Waals surface area contributed by atoms with E-state index in [-0.39, 0.29) is 11.9 Å². The normalized spacial score (nSPS) is 12.1. The third-order valence-corrected chi connectivity index (χ3v) is 7.41. The Bertz CT molecular complexity index is 1240. The summed E-state index contributed by atoms with van der Waals surface area (Å²) in [4.78, 5) is 34.5. The number of nitrogens with one attached hydrogen (secondary N) is 1. The van der Waals surface area contributed by atoms with Gasteiger partial charge in [-0.1, -0.05) is 24.3 Å². The van der Waals surface area contributed by atoms with E-state index in [4.69, 9.17) is 9.72 Å². The zero-order chi connectivity index (χ0) is 22.7. The van der Waals surface area contributed by atoms with E-state index >= 15 is 0 Å². The number of amides is 1. The van der Waals surface area contributed by atoms with E-state index < -0.39 is 5.97 Å². The Balaban J connectivity index is 1.63. The number of hydrogen-bond acceptors (Lipinski definition) is 7. The highest BCUT2D eigenvalue weighted by Crippen LogP contribution is 2.36. The van der Waals surface area contributed by atoms with E-state index in [0.29, 0.717) is 27.5 Å². The highest BCUT2D eigenvalue weighted by molar-refractivity contribution is 7.21. The van der Waals surface area contributed by atoms with Crippen molar-refractivity contribution in [2.24, 2.45) is 0 Å². The van der Waals surface area contributed by atoms with E-state index in [1.807, 2.05) is 18.2 Å². The summed E-state index contributed by atoms with van der Waals surface area (Å²) < 4.78 is 4.95. The Morgan fingerprint density at radius 3 is 2.59 bits per heavy atom. The SMILES string of the molecule is COC(=O)c1sc2nc(CN(C)C(C)c3cccs3)ccc2c1NC(=O)c1ccccc1. The van der Waals surface area contributed by atoms with Crippen LogP contribution in [0.4, 0.5) is 5.69 Å². The lowest BCUT2D eigenvalue weighted by Crippen LogP contribution is -2.21. The Morgan fingerprint density at radius 2 is 1.91 bits per heavy atom. The predicted molar refractivity (Wildman–Crippen MR) is 130 cm³/mol. The number of benzene rings is 1.